The van der Waals surface area contributed by atoms with E-state index < -0.39 is 49.9 Å². The second-order valence-electron chi connectivity index (χ2n) is 6.41. The number of aliphatic imine (C=N–C) groups is 1. The van der Waals surface area contributed by atoms with Gasteiger partial charge in [-0.25, -0.2) is 0 Å². The summed E-state index contributed by atoms with van der Waals surface area (Å²) in [6.07, 6.45) is 0.851. The third-order valence-electron chi connectivity index (χ3n) is 3.94. The van der Waals surface area contributed by atoms with Crippen molar-refractivity contribution in [2.45, 2.75) is 26.1 Å². The van der Waals surface area contributed by atoms with E-state index in [0.717, 1.165) is 23.2 Å². The summed E-state index contributed by atoms with van der Waals surface area (Å²) in [5.41, 5.74) is -0.370. The number of halogens is 5. The van der Waals surface area contributed by atoms with Crippen LogP contribution >= 0.6 is 22.9 Å². The molecule has 0 aromatic carbocycles. The van der Waals surface area contributed by atoms with Crippen LogP contribution in [0.15, 0.2) is 43.4 Å². The predicted octanol–water partition coefficient (Wildman–Crippen LogP) is 1.56. The van der Waals surface area contributed by atoms with Crippen molar-refractivity contribution in [1.29, 1.82) is 0 Å². The number of aromatic nitrogens is 2. The Morgan fingerprint density at radius 1 is 1.22 bits per heavy atom. The van der Waals surface area contributed by atoms with Gasteiger partial charge in [0.05, 0.1) is 5.02 Å². The van der Waals surface area contributed by atoms with Crippen molar-refractivity contribution in [2.75, 3.05) is 5.32 Å². The number of hydrogen-bond acceptors (Lipinski definition) is 6. The topological polar surface area (TPSA) is 96.3 Å². The molecule has 1 aliphatic rings. The number of nitrogens with one attached hydrogen (secondary N) is 2. The molecule has 0 radical (unpaired) electrons. The van der Waals surface area contributed by atoms with Crippen LogP contribution in [0.3, 0.4) is 0 Å². The fourth-order valence-electron chi connectivity index (χ4n) is 2.43. The SMILES string of the molecule is CC1=NC=C[I-]C(C(=O)NC(C)c2ncc(C(=O)Nc3cc(C(F)(F)F)c(Cl)cn3)s2)=C1. The molecule has 0 fully saturated rings. The molecule has 0 saturated carbocycles. The summed E-state index contributed by atoms with van der Waals surface area (Å²) < 4.78 is 41.5. The fraction of sp³-hybridized carbons (Fsp3) is 0.211. The molecule has 7 nitrogen and oxygen atoms in total. The zero-order chi connectivity index (χ0) is 23.5. The van der Waals surface area contributed by atoms with Gasteiger partial charge in [0, 0.05) is 0 Å². The molecule has 32 heavy (non-hydrogen) atoms. The van der Waals surface area contributed by atoms with E-state index in [-0.39, 0.29) is 16.6 Å². The Morgan fingerprint density at radius 2 is 1.97 bits per heavy atom. The molecule has 0 bridgehead atoms. The van der Waals surface area contributed by atoms with E-state index in [0.29, 0.717) is 14.7 Å². The van der Waals surface area contributed by atoms with Gasteiger partial charge in [0.2, 0.25) is 0 Å². The maximum atomic E-state index is 13.0. The molecule has 2 aromatic rings. The van der Waals surface area contributed by atoms with Crippen LogP contribution in [0.4, 0.5) is 19.0 Å². The van der Waals surface area contributed by atoms with Gasteiger partial charge in [-0.3, -0.25) is 0 Å². The monoisotopic (exact) mass is 596 g/mol. The molecule has 13 heteroatoms. The van der Waals surface area contributed by atoms with Gasteiger partial charge >= 0.3 is 171 Å². The zero-order valence-electron chi connectivity index (χ0n) is 16.5. The summed E-state index contributed by atoms with van der Waals surface area (Å²) in [7, 11) is 0. The van der Waals surface area contributed by atoms with Gasteiger partial charge in [0.25, 0.3) is 0 Å². The number of alkyl halides is 3. The number of thiazole rings is 1. The number of allylic oxidation sites excluding steroid dienone is 1. The average molecular weight is 597 g/mol. The maximum absolute atomic E-state index is 13.0. The summed E-state index contributed by atoms with van der Waals surface area (Å²) in [5.74, 6) is -1.21. The van der Waals surface area contributed by atoms with Crippen molar-refractivity contribution in [3.8, 4) is 0 Å². The van der Waals surface area contributed by atoms with E-state index in [1.54, 1.807) is 26.1 Å². The second kappa shape index (κ2) is 10.1. The third kappa shape index (κ3) is 6.13. The van der Waals surface area contributed by atoms with Crippen LogP contribution in [0.1, 0.15) is 40.1 Å². The van der Waals surface area contributed by atoms with Crippen molar-refractivity contribution in [2.24, 2.45) is 4.99 Å². The Balaban J connectivity index is 1.67. The zero-order valence-corrected chi connectivity index (χ0v) is 20.2. The van der Waals surface area contributed by atoms with E-state index in [1.165, 1.54) is 6.20 Å². The summed E-state index contributed by atoms with van der Waals surface area (Å²) >= 11 is 5.93. The summed E-state index contributed by atoms with van der Waals surface area (Å²) in [5, 5.41) is 5.05. The van der Waals surface area contributed by atoms with E-state index in [1.807, 2.05) is 4.08 Å². The third-order valence-corrected chi connectivity index (χ3v) is 7.57. The Hall–Kier alpha value is -2.32. The molecule has 2 N–H and O–H groups in total. The number of hydrogen-bond donors (Lipinski definition) is 2. The molecule has 0 spiro atoms. The van der Waals surface area contributed by atoms with Gasteiger partial charge in [-0.1, -0.05) is 11.6 Å². The van der Waals surface area contributed by atoms with Crippen molar-refractivity contribution >= 4 is 46.3 Å². The van der Waals surface area contributed by atoms with Crippen molar-refractivity contribution in [1.82, 2.24) is 15.3 Å². The first kappa shape index (κ1) is 24.3. The molecule has 1 unspecified atom stereocenters. The normalized spacial score (nSPS) is 15.1. The number of rotatable bonds is 5. The van der Waals surface area contributed by atoms with Crippen LogP contribution in [0.5, 0.6) is 0 Å². The van der Waals surface area contributed by atoms with Gasteiger partial charge in [0.1, 0.15) is 0 Å². The van der Waals surface area contributed by atoms with Crippen LogP contribution in [-0.4, -0.2) is 27.5 Å². The molecule has 2 amide bonds. The van der Waals surface area contributed by atoms with E-state index >= 15 is 0 Å². The van der Waals surface area contributed by atoms with Crippen molar-refractivity contribution in [3.05, 3.63) is 58.9 Å². The van der Waals surface area contributed by atoms with Crippen LogP contribution < -0.4 is 31.8 Å². The first-order valence-electron chi connectivity index (χ1n) is 8.90. The number of anilines is 1. The van der Waals surface area contributed by atoms with E-state index in [4.69, 9.17) is 11.6 Å². The minimum atomic E-state index is -4.68. The molecule has 2 aromatic heterocycles. The number of carbonyl (C=O) groups excluding carboxylic acids is 2. The van der Waals surface area contributed by atoms with Crippen molar-refractivity contribution in [3.63, 3.8) is 0 Å². The van der Waals surface area contributed by atoms with Crippen molar-refractivity contribution < 1.29 is 44.0 Å². The van der Waals surface area contributed by atoms with Crippen LogP contribution in [0, 0.1) is 0 Å². The molecule has 3 heterocycles. The quantitative estimate of drug-likeness (QED) is 0.513. The first-order chi connectivity index (χ1) is 15.0. The molecule has 170 valence electrons. The van der Waals surface area contributed by atoms with Gasteiger partial charge in [0.15, 0.2) is 0 Å². The van der Waals surface area contributed by atoms with Gasteiger partial charge in [-0.2, -0.15) is 13.2 Å². The van der Waals surface area contributed by atoms with E-state index in [2.05, 4.69) is 25.6 Å². The van der Waals surface area contributed by atoms with Crippen LogP contribution in [0.2, 0.25) is 5.02 Å². The predicted molar refractivity (Wildman–Crippen MR) is 111 cm³/mol. The fourth-order valence-corrected chi connectivity index (χ4v) is 5.24. The molecule has 0 saturated heterocycles. The number of carbonyl (C=O) groups is 2. The van der Waals surface area contributed by atoms with Gasteiger partial charge in [-0.05, 0) is 0 Å². The van der Waals surface area contributed by atoms with Crippen LogP contribution in [0.25, 0.3) is 0 Å². The molecule has 1 atom stereocenters. The average Bonchev–Trinajstić information content (AvgIpc) is 3.11. The first-order valence-corrected chi connectivity index (χ1v) is 12.4. The Kier molecular flexibility index (Phi) is 7.67. The number of amides is 2. The molecule has 3 rings (SSSR count). The molecular formula is C19H15ClF3IN5O2S-. The summed E-state index contributed by atoms with van der Waals surface area (Å²) in [4.78, 5) is 37.1. The second-order valence-corrected chi connectivity index (χ2v) is 10.4. The Bertz CT molecular complexity index is 1150. The summed E-state index contributed by atoms with van der Waals surface area (Å²) in [6, 6.07) is 0.183. The Labute approximate surface area is 200 Å². The summed E-state index contributed by atoms with van der Waals surface area (Å²) in [6.45, 7) is 3.52. The standard InChI is InChI=1S/C19H15ClF3IN5O2S/c1-9-5-13(24-3-4-25-9)16(30)28-10(2)18-27-8-14(32-18)17(31)29-15-6-11(19(21,22)23)12(20)7-26-15/h3-8,10H,1-2H3,(H,28,30)(H,26,29,31)/q-1. The number of pyridine rings is 1. The van der Waals surface area contributed by atoms with Gasteiger partial charge < -0.3 is 0 Å². The molecule has 1 aliphatic heterocycles. The van der Waals surface area contributed by atoms with E-state index in [9.17, 15) is 22.8 Å². The Morgan fingerprint density at radius 3 is 2.69 bits per heavy atom. The number of nitrogens with zero attached hydrogens (tertiary/aromatic N) is 3. The molecular weight excluding hydrogens is 582 g/mol. The van der Waals surface area contributed by atoms with Gasteiger partial charge in [-0.15, -0.1) is 0 Å². The van der Waals surface area contributed by atoms with Crippen LogP contribution in [-0.2, 0) is 11.0 Å². The minimum absolute atomic E-state index is 0.151. The molecule has 0 aliphatic carbocycles.